The molecule has 0 radical (unpaired) electrons. The highest BCUT2D eigenvalue weighted by Gasteiger charge is 2.52. The van der Waals surface area contributed by atoms with Crippen LogP contribution < -0.4 is 11.4 Å². The van der Waals surface area contributed by atoms with Gasteiger partial charge in [0.25, 0.3) is 5.91 Å². The minimum Gasteiger partial charge on any atom is -0.381 e. The van der Waals surface area contributed by atoms with Crippen molar-refractivity contribution in [3.8, 4) is 17.2 Å². The Bertz CT molecular complexity index is 3270. The minimum atomic E-state index is -0.767. The van der Waals surface area contributed by atoms with E-state index in [2.05, 4.69) is 33.4 Å². The molecule has 64 heavy (non-hydrogen) atoms. The molecule has 1 amide bonds. The number of imidazole rings is 1. The zero-order valence-electron chi connectivity index (χ0n) is 35.4. The molecular weight excluding hydrogens is 820 g/mol. The number of aromatic nitrogens is 9. The van der Waals surface area contributed by atoms with Crippen LogP contribution in [0.4, 0.5) is 4.39 Å². The number of carbonyl (C=O) groups excluding carboxylic acids is 1. The highest BCUT2D eigenvalue weighted by atomic mass is 19.1. The van der Waals surface area contributed by atoms with Gasteiger partial charge < -0.3 is 18.9 Å². The first-order valence-corrected chi connectivity index (χ1v) is 22.0. The molecule has 0 unspecified atom stereocenters. The van der Waals surface area contributed by atoms with Crippen molar-refractivity contribution in [2.45, 2.75) is 76.4 Å². The lowest BCUT2D eigenvalue weighted by Crippen LogP contribution is -2.38. The van der Waals surface area contributed by atoms with Gasteiger partial charge in [-0.25, -0.2) is 18.7 Å². The van der Waals surface area contributed by atoms with E-state index in [0.717, 1.165) is 46.8 Å². The highest BCUT2D eigenvalue weighted by Crippen LogP contribution is 2.51. The van der Waals surface area contributed by atoms with E-state index in [0.29, 0.717) is 104 Å². The number of carbonyl (C=O) groups is 1. The number of hydrogen-bond donors (Lipinski definition) is 1. The van der Waals surface area contributed by atoms with E-state index in [-0.39, 0.29) is 30.0 Å². The van der Waals surface area contributed by atoms with Crippen molar-refractivity contribution in [1.29, 1.82) is 0 Å². The Morgan fingerprint density at radius 3 is 2.41 bits per heavy atom. The first-order chi connectivity index (χ1) is 31.1. The van der Waals surface area contributed by atoms with Crippen LogP contribution in [0.25, 0.3) is 39.0 Å². The minimum absolute atomic E-state index is 0.152. The van der Waals surface area contributed by atoms with E-state index >= 15 is 9.18 Å². The number of amides is 1. The number of nitrogens with zero attached hydrogens (tertiary/aromatic N) is 9. The Kier molecular flexibility index (Phi) is 8.85. The molecule has 0 spiro atoms. The van der Waals surface area contributed by atoms with Gasteiger partial charge in [0, 0.05) is 67.0 Å². The van der Waals surface area contributed by atoms with E-state index < -0.39 is 11.3 Å². The van der Waals surface area contributed by atoms with Crippen molar-refractivity contribution < 1.29 is 23.2 Å². The van der Waals surface area contributed by atoms with Crippen LogP contribution in [0, 0.1) is 19.7 Å². The van der Waals surface area contributed by atoms with Crippen LogP contribution in [0.5, 0.6) is 0 Å². The fourth-order valence-corrected chi connectivity index (χ4v) is 10.4. The smallest absolute Gasteiger partial charge is 0.381 e. The number of halogens is 1. The predicted octanol–water partition coefficient (Wildman–Crippen LogP) is 6.14. The molecule has 1 saturated carbocycles. The number of nitrogens with one attached hydrogen (secondary N) is 1. The maximum absolute atomic E-state index is 15.2. The van der Waals surface area contributed by atoms with Crippen molar-refractivity contribution in [3.63, 3.8) is 0 Å². The summed E-state index contributed by atoms with van der Waals surface area (Å²) in [6.07, 6.45) is 9.73. The van der Waals surface area contributed by atoms with Gasteiger partial charge >= 0.3 is 11.4 Å². The molecule has 8 heterocycles. The summed E-state index contributed by atoms with van der Waals surface area (Å²) in [4.78, 5) is 46.8. The third-order valence-corrected chi connectivity index (χ3v) is 13.8. The van der Waals surface area contributed by atoms with Crippen LogP contribution in [0.1, 0.15) is 88.3 Å². The second kappa shape index (κ2) is 14.6. The molecular formula is C47H45FN10O6. The molecule has 3 aromatic carbocycles. The zero-order chi connectivity index (χ0) is 43.4. The van der Waals surface area contributed by atoms with Gasteiger partial charge in [-0.1, -0.05) is 11.2 Å². The van der Waals surface area contributed by atoms with Gasteiger partial charge in [-0.2, -0.15) is 10.2 Å². The number of ether oxygens (including phenoxy) is 2. The van der Waals surface area contributed by atoms with Gasteiger partial charge in [0.15, 0.2) is 5.82 Å². The molecule has 5 aromatic heterocycles. The van der Waals surface area contributed by atoms with Crippen LogP contribution in [0.3, 0.4) is 0 Å². The van der Waals surface area contributed by atoms with Gasteiger partial charge in [-0.3, -0.25) is 28.1 Å². The molecule has 1 atom stereocenters. The molecule has 3 fully saturated rings. The Balaban J connectivity index is 0.958. The van der Waals surface area contributed by atoms with Crippen LogP contribution in [-0.2, 0) is 28.0 Å². The number of benzene rings is 3. The lowest BCUT2D eigenvalue weighted by atomic mass is 9.91. The normalized spacial score (nSPS) is 18.7. The number of fused-ring (bicyclic) bond motifs is 3. The lowest BCUT2D eigenvalue weighted by Gasteiger charge is -2.28. The van der Waals surface area contributed by atoms with Gasteiger partial charge in [-0.15, -0.1) is 0 Å². The van der Waals surface area contributed by atoms with Gasteiger partial charge in [0.2, 0.25) is 0 Å². The summed E-state index contributed by atoms with van der Waals surface area (Å²) < 4.78 is 40.2. The molecule has 17 heteroatoms. The molecule has 1 aliphatic carbocycles. The van der Waals surface area contributed by atoms with E-state index in [1.54, 1.807) is 57.1 Å². The summed E-state index contributed by atoms with van der Waals surface area (Å²) >= 11 is 0. The number of hydrogen-bond acceptors (Lipinski definition) is 9. The summed E-state index contributed by atoms with van der Waals surface area (Å²) in [7, 11) is 0. The van der Waals surface area contributed by atoms with Crippen LogP contribution >= 0.6 is 0 Å². The van der Waals surface area contributed by atoms with E-state index in [1.165, 1.54) is 5.56 Å². The van der Waals surface area contributed by atoms with Gasteiger partial charge in [0.05, 0.1) is 48.0 Å². The summed E-state index contributed by atoms with van der Waals surface area (Å²) in [6, 6.07) is 17.8. The zero-order valence-corrected chi connectivity index (χ0v) is 35.4. The molecule has 4 aliphatic rings. The Morgan fingerprint density at radius 2 is 1.66 bits per heavy atom. The lowest BCUT2D eigenvalue weighted by molar-refractivity contribution is 0.0721. The van der Waals surface area contributed by atoms with E-state index in [4.69, 9.17) is 19.1 Å². The Morgan fingerprint density at radius 1 is 0.875 bits per heavy atom. The number of H-pyrrole nitrogens is 1. The Hall–Kier alpha value is -6.85. The molecule has 326 valence electrons. The first kappa shape index (κ1) is 38.8. The summed E-state index contributed by atoms with van der Waals surface area (Å²) in [6.45, 7) is 6.67. The summed E-state index contributed by atoms with van der Waals surface area (Å²) in [5.74, 6) is 0.0394. The first-order valence-electron chi connectivity index (χ1n) is 22.0. The Labute approximate surface area is 364 Å². The monoisotopic (exact) mass is 864 g/mol. The molecule has 1 N–H and O–H groups in total. The quantitative estimate of drug-likeness (QED) is 0.189. The molecule has 0 bridgehead atoms. The largest absolute Gasteiger partial charge is 0.438 e. The third kappa shape index (κ3) is 6.08. The van der Waals surface area contributed by atoms with Crippen LogP contribution in [0.2, 0.25) is 0 Å². The van der Waals surface area contributed by atoms with Crippen molar-refractivity contribution >= 4 is 27.7 Å². The van der Waals surface area contributed by atoms with Gasteiger partial charge in [-0.05, 0) is 117 Å². The standard InChI is InChI=1S/C47H45FN10O6/c1-27-19-35(20-28(2)41(27)48)58-42(55-15-14-54(46(55)61)33-4-6-39-32(22-33)24-49-57(39)34-10-18-63-26-34)36-25-53(13-7-37(36)51-58)43(59)40-23-31-21-30(29-8-16-62-17-9-29)3-5-38(31)56(40)47(11-12-47)44-50-45(60)64-52-44/h3-6,14-15,19-24,29,34H,7-13,16-18,25-26H2,1-2H3,(H,50,52,60)/t34-/m1/s1. The van der Waals surface area contributed by atoms with Crippen LogP contribution in [-0.4, -0.2) is 87.2 Å². The number of rotatable bonds is 8. The van der Waals surface area contributed by atoms with E-state index in [1.807, 2.05) is 39.7 Å². The average molecular weight is 865 g/mol. The fourth-order valence-electron chi connectivity index (χ4n) is 10.4. The van der Waals surface area contributed by atoms with Crippen molar-refractivity contribution in [2.24, 2.45) is 0 Å². The second-order valence-corrected chi connectivity index (χ2v) is 17.7. The summed E-state index contributed by atoms with van der Waals surface area (Å²) in [5.41, 5.74) is 5.99. The number of aryl methyl sites for hydroxylation is 2. The SMILES string of the molecule is Cc1cc(-n2nc3c(c2-n2ccn(-c4ccc5c(cnn5[C@@H]5CCOC5)c4)c2=O)CN(C(=O)c2cc4cc(C5CCOCC5)ccc4n2C2(c4noc(=O)[nH]4)CC2)CC3)cc(C)c1F. The third-order valence-electron chi connectivity index (χ3n) is 13.8. The van der Waals surface area contributed by atoms with Crippen molar-refractivity contribution in [2.75, 3.05) is 33.0 Å². The summed E-state index contributed by atoms with van der Waals surface area (Å²) in [5, 5.41) is 15.7. The molecule has 16 nitrogen and oxygen atoms in total. The maximum atomic E-state index is 15.2. The average Bonchev–Trinajstić information content (AvgIpc) is 4.01. The molecule has 2 saturated heterocycles. The molecule has 8 aromatic rings. The fraction of sp³-hybridized carbons (Fsp3) is 0.362. The molecule has 3 aliphatic heterocycles. The maximum Gasteiger partial charge on any atom is 0.438 e. The van der Waals surface area contributed by atoms with E-state index in [9.17, 15) is 9.59 Å². The van der Waals surface area contributed by atoms with Crippen molar-refractivity contribution in [3.05, 3.63) is 140 Å². The van der Waals surface area contributed by atoms with Crippen molar-refractivity contribution in [1.82, 2.24) is 48.3 Å². The second-order valence-electron chi connectivity index (χ2n) is 17.7. The molecule has 12 rings (SSSR count). The number of aromatic amines is 1. The predicted molar refractivity (Wildman–Crippen MR) is 232 cm³/mol. The van der Waals surface area contributed by atoms with Gasteiger partial charge in [0.1, 0.15) is 22.9 Å². The topological polar surface area (TPSA) is 165 Å². The highest BCUT2D eigenvalue weighted by molar-refractivity contribution is 5.99. The van der Waals surface area contributed by atoms with Crippen LogP contribution in [0.15, 0.2) is 87.3 Å².